The first-order chi connectivity index (χ1) is 9.63. The van der Waals surface area contributed by atoms with Crippen LogP contribution < -0.4 is 10.6 Å². The molecule has 0 spiro atoms. The van der Waals surface area contributed by atoms with Gasteiger partial charge in [-0.15, -0.1) is 0 Å². The van der Waals surface area contributed by atoms with Gasteiger partial charge in [0.25, 0.3) is 5.91 Å². The van der Waals surface area contributed by atoms with Crippen LogP contribution in [0.4, 0.5) is 11.5 Å². The van der Waals surface area contributed by atoms with Gasteiger partial charge in [-0.2, -0.15) is 5.26 Å². The highest BCUT2D eigenvalue weighted by atomic mass is 79.9. The molecular weight excluding hydrogens is 322 g/mol. The number of nitrogens with zero attached hydrogens (tertiary/aromatic N) is 3. The van der Waals surface area contributed by atoms with E-state index >= 15 is 0 Å². The monoisotopic (exact) mass is 331 g/mol. The van der Waals surface area contributed by atoms with Crippen molar-refractivity contribution in [2.75, 3.05) is 17.7 Å². The zero-order valence-electron chi connectivity index (χ0n) is 10.5. The van der Waals surface area contributed by atoms with Crippen molar-refractivity contribution in [1.29, 1.82) is 5.26 Å². The molecule has 2 rings (SSSR count). The highest BCUT2D eigenvalue weighted by Gasteiger charge is 2.11. The Balaban J connectivity index is 2.26. The van der Waals surface area contributed by atoms with E-state index in [4.69, 9.17) is 5.26 Å². The van der Waals surface area contributed by atoms with E-state index < -0.39 is 5.91 Å². The Morgan fingerprint density at radius 1 is 1.40 bits per heavy atom. The number of nitriles is 1. The standard InChI is InChI=1S/C13H10BrN5O/c1-16-12-7-17-6-11(18-12)13(20)19-10-3-2-9(14)4-8(10)5-15/h2-4,6-7H,1H3,(H,16,18)(H,19,20). The largest absolute Gasteiger partial charge is 0.372 e. The maximum atomic E-state index is 12.1. The number of anilines is 2. The lowest BCUT2D eigenvalue weighted by atomic mass is 10.2. The molecule has 20 heavy (non-hydrogen) atoms. The first-order valence-electron chi connectivity index (χ1n) is 5.65. The van der Waals surface area contributed by atoms with E-state index in [1.807, 2.05) is 6.07 Å². The zero-order valence-corrected chi connectivity index (χ0v) is 12.1. The SMILES string of the molecule is CNc1cncc(C(=O)Nc2ccc(Br)cc2C#N)n1. The summed E-state index contributed by atoms with van der Waals surface area (Å²) in [4.78, 5) is 20.1. The van der Waals surface area contributed by atoms with Crippen molar-refractivity contribution < 1.29 is 4.79 Å². The molecule has 6 nitrogen and oxygen atoms in total. The molecule has 0 radical (unpaired) electrons. The molecule has 0 aliphatic rings. The Hall–Kier alpha value is -2.46. The minimum Gasteiger partial charge on any atom is -0.372 e. The number of hydrogen-bond acceptors (Lipinski definition) is 5. The van der Waals surface area contributed by atoms with Crippen LogP contribution in [0.5, 0.6) is 0 Å². The van der Waals surface area contributed by atoms with Crippen molar-refractivity contribution >= 4 is 33.3 Å². The molecule has 1 heterocycles. The predicted octanol–water partition coefficient (Wildman–Crippen LogP) is 2.40. The van der Waals surface area contributed by atoms with E-state index in [1.54, 1.807) is 25.2 Å². The molecule has 0 saturated carbocycles. The molecule has 7 heteroatoms. The number of nitrogens with one attached hydrogen (secondary N) is 2. The summed E-state index contributed by atoms with van der Waals surface area (Å²) < 4.78 is 0.768. The van der Waals surface area contributed by atoms with Crippen molar-refractivity contribution in [2.45, 2.75) is 0 Å². The number of hydrogen-bond donors (Lipinski definition) is 2. The van der Waals surface area contributed by atoms with Crippen molar-refractivity contribution in [3.8, 4) is 6.07 Å². The average Bonchev–Trinajstić information content (AvgIpc) is 2.49. The Bertz CT molecular complexity index is 695. The molecule has 0 aliphatic carbocycles. The number of carbonyl (C=O) groups is 1. The Morgan fingerprint density at radius 3 is 2.90 bits per heavy atom. The summed E-state index contributed by atoms with van der Waals surface area (Å²) in [6.07, 6.45) is 2.87. The van der Waals surface area contributed by atoms with Gasteiger partial charge in [0, 0.05) is 11.5 Å². The van der Waals surface area contributed by atoms with Gasteiger partial charge in [0.15, 0.2) is 0 Å². The fourth-order valence-electron chi connectivity index (χ4n) is 1.50. The maximum absolute atomic E-state index is 12.1. The molecule has 2 aromatic rings. The highest BCUT2D eigenvalue weighted by Crippen LogP contribution is 2.20. The van der Waals surface area contributed by atoms with Gasteiger partial charge in [-0.1, -0.05) is 15.9 Å². The fourth-order valence-corrected chi connectivity index (χ4v) is 1.86. The molecule has 0 atom stereocenters. The second-order valence-electron chi connectivity index (χ2n) is 3.80. The molecule has 0 aliphatic heterocycles. The van der Waals surface area contributed by atoms with Crippen LogP contribution in [0.15, 0.2) is 35.1 Å². The lowest BCUT2D eigenvalue weighted by Crippen LogP contribution is -2.15. The van der Waals surface area contributed by atoms with E-state index in [0.29, 0.717) is 17.1 Å². The summed E-state index contributed by atoms with van der Waals surface area (Å²) >= 11 is 3.27. The van der Waals surface area contributed by atoms with Crippen molar-refractivity contribution in [1.82, 2.24) is 9.97 Å². The number of amides is 1. The third-order valence-corrected chi connectivity index (χ3v) is 2.97. The maximum Gasteiger partial charge on any atom is 0.275 e. The van der Waals surface area contributed by atoms with Gasteiger partial charge in [-0.25, -0.2) is 4.98 Å². The van der Waals surface area contributed by atoms with E-state index in [0.717, 1.165) is 4.47 Å². The molecule has 1 aromatic heterocycles. The Kier molecular flexibility index (Phi) is 4.27. The molecule has 0 bridgehead atoms. The third kappa shape index (κ3) is 3.10. The summed E-state index contributed by atoms with van der Waals surface area (Å²) in [5, 5.41) is 14.5. The van der Waals surface area contributed by atoms with Crippen LogP contribution in [-0.2, 0) is 0 Å². The van der Waals surface area contributed by atoms with Crippen LogP contribution in [0.25, 0.3) is 0 Å². The van der Waals surface area contributed by atoms with Gasteiger partial charge in [-0.05, 0) is 18.2 Å². The van der Waals surface area contributed by atoms with Gasteiger partial charge >= 0.3 is 0 Å². The minimum absolute atomic E-state index is 0.170. The molecule has 0 unspecified atom stereocenters. The molecule has 1 amide bonds. The van der Waals surface area contributed by atoms with Gasteiger partial charge in [0.2, 0.25) is 0 Å². The van der Waals surface area contributed by atoms with Crippen LogP contribution in [0.3, 0.4) is 0 Å². The molecule has 100 valence electrons. The fraction of sp³-hybridized carbons (Fsp3) is 0.0769. The number of halogens is 1. The average molecular weight is 332 g/mol. The quantitative estimate of drug-likeness (QED) is 0.901. The topological polar surface area (TPSA) is 90.7 Å². The summed E-state index contributed by atoms with van der Waals surface area (Å²) in [7, 11) is 1.69. The number of carbonyl (C=O) groups excluding carboxylic acids is 1. The normalized spacial score (nSPS) is 9.65. The summed E-state index contributed by atoms with van der Waals surface area (Å²) in [6.45, 7) is 0. The summed E-state index contributed by atoms with van der Waals surface area (Å²) in [6, 6.07) is 7.04. The molecule has 1 aromatic carbocycles. The van der Waals surface area contributed by atoms with Crippen molar-refractivity contribution in [3.63, 3.8) is 0 Å². The second-order valence-corrected chi connectivity index (χ2v) is 4.71. The van der Waals surface area contributed by atoms with Crippen LogP contribution in [0.1, 0.15) is 16.1 Å². The summed E-state index contributed by atoms with van der Waals surface area (Å²) in [5.74, 6) is 0.0717. The highest BCUT2D eigenvalue weighted by molar-refractivity contribution is 9.10. The number of benzene rings is 1. The first kappa shape index (κ1) is 14.0. The van der Waals surface area contributed by atoms with E-state index in [2.05, 4.69) is 36.5 Å². The molecule has 2 N–H and O–H groups in total. The number of aromatic nitrogens is 2. The van der Waals surface area contributed by atoms with Crippen molar-refractivity contribution in [3.05, 3.63) is 46.3 Å². The van der Waals surface area contributed by atoms with E-state index in [9.17, 15) is 4.79 Å². The Morgan fingerprint density at radius 2 is 2.20 bits per heavy atom. The van der Waals surface area contributed by atoms with Crippen LogP contribution in [0, 0.1) is 11.3 Å². The van der Waals surface area contributed by atoms with Crippen LogP contribution in [-0.4, -0.2) is 22.9 Å². The smallest absolute Gasteiger partial charge is 0.275 e. The molecule has 0 saturated heterocycles. The van der Waals surface area contributed by atoms with E-state index in [-0.39, 0.29) is 5.69 Å². The number of rotatable bonds is 3. The van der Waals surface area contributed by atoms with Crippen LogP contribution in [0.2, 0.25) is 0 Å². The molecule has 0 fully saturated rings. The van der Waals surface area contributed by atoms with E-state index in [1.165, 1.54) is 12.4 Å². The van der Waals surface area contributed by atoms with Gasteiger partial charge in [0.05, 0.1) is 23.6 Å². The Labute approximate surface area is 124 Å². The predicted molar refractivity (Wildman–Crippen MR) is 78.4 cm³/mol. The van der Waals surface area contributed by atoms with Gasteiger partial charge in [-0.3, -0.25) is 9.78 Å². The lowest BCUT2D eigenvalue weighted by Gasteiger charge is -2.07. The lowest BCUT2D eigenvalue weighted by molar-refractivity contribution is 0.102. The van der Waals surface area contributed by atoms with Gasteiger partial charge < -0.3 is 10.6 Å². The third-order valence-electron chi connectivity index (χ3n) is 2.47. The van der Waals surface area contributed by atoms with Crippen molar-refractivity contribution in [2.24, 2.45) is 0 Å². The van der Waals surface area contributed by atoms with Crippen LogP contribution >= 0.6 is 15.9 Å². The zero-order chi connectivity index (χ0) is 14.5. The minimum atomic E-state index is -0.423. The molecular formula is C13H10BrN5O. The van der Waals surface area contributed by atoms with Gasteiger partial charge in [0.1, 0.15) is 17.6 Å². The summed E-state index contributed by atoms with van der Waals surface area (Å²) in [5.41, 5.74) is 0.964. The second kappa shape index (κ2) is 6.12. The first-order valence-corrected chi connectivity index (χ1v) is 6.44.